The Hall–Kier alpha value is -4.53. The molecule has 9 heteroatoms. The van der Waals surface area contributed by atoms with E-state index in [1.165, 1.54) is 25.0 Å². The first-order chi connectivity index (χ1) is 21.1. The van der Waals surface area contributed by atoms with Crippen LogP contribution in [-0.4, -0.2) is 22.9 Å². The second-order valence-electron chi connectivity index (χ2n) is 10.3. The summed E-state index contributed by atoms with van der Waals surface area (Å²) in [5, 5.41) is 8.73. The van der Waals surface area contributed by atoms with E-state index >= 15 is 0 Å². The van der Waals surface area contributed by atoms with Crippen molar-refractivity contribution in [3.05, 3.63) is 121 Å². The second kappa shape index (κ2) is 19.6. The van der Waals surface area contributed by atoms with Crippen LogP contribution in [0.2, 0.25) is 0 Å². The predicted octanol–water partition coefficient (Wildman–Crippen LogP) is 6.95. The molecule has 44 heavy (non-hydrogen) atoms. The molecule has 0 aliphatic carbocycles. The zero-order chi connectivity index (χ0) is 32.3. The average Bonchev–Trinajstić information content (AvgIpc) is 2.95. The van der Waals surface area contributed by atoms with E-state index in [1.54, 1.807) is 30.5 Å². The second-order valence-corrected chi connectivity index (χ2v) is 10.3. The molecule has 0 aliphatic heterocycles. The summed E-state index contributed by atoms with van der Waals surface area (Å²) in [5.41, 5.74) is 1.17. The van der Waals surface area contributed by atoms with Crippen LogP contribution in [0.5, 0.6) is 17.2 Å². The molecular formula is C35H45NO8. The predicted molar refractivity (Wildman–Crippen MR) is 172 cm³/mol. The first-order valence-electron chi connectivity index (χ1n) is 15.0. The highest BCUT2D eigenvalue weighted by atomic mass is 16.5. The van der Waals surface area contributed by atoms with Crippen LogP contribution in [0.3, 0.4) is 0 Å². The van der Waals surface area contributed by atoms with Crippen LogP contribution in [0, 0.1) is 20.8 Å². The largest absolute Gasteiger partial charge is 0.508 e. The maximum Gasteiger partial charge on any atom is 0.339 e. The summed E-state index contributed by atoms with van der Waals surface area (Å²) >= 11 is 0. The minimum absolute atomic E-state index is 0.00987. The fraction of sp³-hybridized carbons (Fsp3) is 0.400. The number of unbranched alkanes of at least 4 members (excludes halogenated alkanes) is 4. The summed E-state index contributed by atoms with van der Waals surface area (Å²) < 4.78 is 22.2. The van der Waals surface area contributed by atoms with Gasteiger partial charge in [-0.1, -0.05) is 69.9 Å². The van der Waals surface area contributed by atoms with Gasteiger partial charge in [0.1, 0.15) is 28.8 Å². The summed E-state index contributed by atoms with van der Waals surface area (Å²) in [4.78, 5) is 33.6. The van der Waals surface area contributed by atoms with Gasteiger partial charge in [-0.15, -0.1) is 0 Å². The van der Waals surface area contributed by atoms with E-state index in [-0.39, 0.29) is 16.9 Å². The van der Waals surface area contributed by atoms with E-state index in [0.717, 1.165) is 43.0 Å². The Kier molecular flexibility index (Phi) is 15.9. The normalized spacial score (nSPS) is 10.2. The van der Waals surface area contributed by atoms with Gasteiger partial charge in [-0.3, -0.25) is 4.79 Å². The molecular weight excluding hydrogens is 562 g/mol. The third-order valence-electron chi connectivity index (χ3n) is 6.27. The number of aromatic nitrogens is 1. The third kappa shape index (κ3) is 14.1. The molecule has 0 fully saturated rings. The van der Waals surface area contributed by atoms with Crippen molar-refractivity contribution in [3.8, 4) is 17.2 Å². The van der Waals surface area contributed by atoms with Crippen molar-refractivity contribution in [3.63, 3.8) is 0 Å². The summed E-state index contributed by atoms with van der Waals surface area (Å²) in [5.74, 6) is 2.24. The zero-order valence-corrected chi connectivity index (χ0v) is 26.5. The molecule has 0 radical (unpaired) electrons. The summed E-state index contributed by atoms with van der Waals surface area (Å²) in [6.07, 6.45) is 6.70. The van der Waals surface area contributed by atoms with Gasteiger partial charge in [0.05, 0.1) is 31.9 Å². The van der Waals surface area contributed by atoms with Crippen LogP contribution in [-0.2, 0) is 6.54 Å². The molecule has 9 nitrogen and oxygen atoms in total. The van der Waals surface area contributed by atoms with Gasteiger partial charge in [0.15, 0.2) is 0 Å². The lowest BCUT2D eigenvalue weighted by atomic mass is 10.2. The molecule has 0 aliphatic rings. The Bertz CT molecular complexity index is 1550. The zero-order valence-electron chi connectivity index (χ0n) is 26.5. The molecule has 4 rings (SSSR count). The van der Waals surface area contributed by atoms with Crippen LogP contribution in [0.4, 0.5) is 0 Å². The number of ether oxygens (including phenoxy) is 2. The summed E-state index contributed by atoms with van der Waals surface area (Å²) in [7, 11) is 0. The standard InChI is InChI=1S/C18H23NO2.C11H16O3.C6H6O3/c1-3-4-8-11-21-17-12-15(2)19(18(20)13-17)14-16-9-6-5-7-10-16;1-3-4-5-6-13-10-7-9(2)14-11(12)8-10;1-4-2-5(7)3-6(8)9-4/h5-7,9-10,12-13H,3-4,8,11,14H2,1-2H3;7-8H,3-6H2,1-2H3;2-3,7H,1H3. The number of hydrogen-bond acceptors (Lipinski definition) is 8. The maximum absolute atomic E-state index is 12.2. The fourth-order valence-corrected chi connectivity index (χ4v) is 4.08. The van der Waals surface area contributed by atoms with Crippen LogP contribution >= 0.6 is 0 Å². The van der Waals surface area contributed by atoms with E-state index in [4.69, 9.17) is 19.0 Å². The number of pyridine rings is 1. The van der Waals surface area contributed by atoms with Gasteiger partial charge in [0.25, 0.3) is 5.56 Å². The van der Waals surface area contributed by atoms with E-state index in [1.807, 2.05) is 43.3 Å². The molecule has 238 valence electrons. The number of nitrogens with zero attached hydrogens (tertiary/aromatic N) is 1. The summed E-state index contributed by atoms with van der Waals surface area (Å²) in [6, 6.07) is 19.0. The Labute approximate surface area is 258 Å². The first kappa shape index (κ1) is 35.7. The lowest BCUT2D eigenvalue weighted by molar-refractivity contribution is 0.301. The molecule has 3 aromatic heterocycles. The van der Waals surface area contributed by atoms with E-state index in [2.05, 4.69) is 18.3 Å². The average molecular weight is 608 g/mol. The summed E-state index contributed by atoms with van der Waals surface area (Å²) in [6.45, 7) is 11.5. The highest BCUT2D eigenvalue weighted by Crippen LogP contribution is 2.13. The lowest BCUT2D eigenvalue weighted by Crippen LogP contribution is -2.22. The molecule has 0 spiro atoms. The third-order valence-corrected chi connectivity index (χ3v) is 6.27. The highest BCUT2D eigenvalue weighted by molar-refractivity contribution is 5.25. The molecule has 1 aromatic carbocycles. The molecule has 4 aromatic rings. The lowest BCUT2D eigenvalue weighted by Gasteiger charge is -2.12. The van der Waals surface area contributed by atoms with E-state index < -0.39 is 5.63 Å². The van der Waals surface area contributed by atoms with Crippen molar-refractivity contribution in [1.82, 2.24) is 4.57 Å². The van der Waals surface area contributed by atoms with Gasteiger partial charge in [-0.05, 0) is 45.2 Å². The van der Waals surface area contributed by atoms with Crippen LogP contribution in [0.15, 0.2) is 89.9 Å². The smallest absolute Gasteiger partial charge is 0.339 e. The molecule has 1 N–H and O–H groups in total. The Balaban J connectivity index is 0.000000252. The number of benzene rings is 1. The van der Waals surface area contributed by atoms with Crippen molar-refractivity contribution in [2.24, 2.45) is 0 Å². The van der Waals surface area contributed by atoms with Gasteiger partial charge in [0, 0.05) is 23.9 Å². The molecule has 0 unspecified atom stereocenters. The Morgan fingerprint density at radius 2 is 1.23 bits per heavy atom. The van der Waals surface area contributed by atoms with Crippen molar-refractivity contribution >= 4 is 0 Å². The van der Waals surface area contributed by atoms with E-state index in [0.29, 0.717) is 42.8 Å². The minimum Gasteiger partial charge on any atom is -0.508 e. The monoisotopic (exact) mass is 607 g/mol. The number of aromatic hydroxyl groups is 1. The minimum atomic E-state index is -0.521. The quantitative estimate of drug-likeness (QED) is 0.172. The van der Waals surface area contributed by atoms with Crippen molar-refractivity contribution < 1.29 is 23.4 Å². The molecule has 0 amide bonds. The Morgan fingerprint density at radius 1 is 0.682 bits per heavy atom. The van der Waals surface area contributed by atoms with Crippen molar-refractivity contribution in [2.75, 3.05) is 13.2 Å². The van der Waals surface area contributed by atoms with Crippen LogP contribution in [0.1, 0.15) is 75.2 Å². The molecule has 3 heterocycles. The molecule has 0 atom stereocenters. The van der Waals surface area contributed by atoms with Crippen molar-refractivity contribution in [1.29, 1.82) is 0 Å². The van der Waals surface area contributed by atoms with Gasteiger partial charge >= 0.3 is 11.3 Å². The van der Waals surface area contributed by atoms with Crippen LogP contribution < -0.4 is 26.3 Å². The molecule has 0 saturated carbocycles. The van der Waals surface area contributed by atoms with Gasteiger partial charge in [-0.25, -0.2) is 9.59 Å². The fourth-order valence-electron chi connectivity index (χ4n) is 4.08. The van der Waals surface area contributed by atoms with Gasteiger partial charge in [0.2, 0.25) is 0 Å². The number of rotatable bonds is 12. The first-order valence-corrected chi connectivity index (χ1v) is 15.0. The maximum atomic E-state index is 12.2. The topological polar surface area (TPSA) is 121 Å². The van der Waals surface area contributed by atoms with Gasteiger partial charge in [-0.2, -0.15) is 0 Å². The number of hydrogen-bond donors (Lipinski definition) is 1. The molecule has 0 bridgehead atoms. The number of aryl methyl sites for hydroxylation is 3. The van der Waals surface area contributed by atoms with Crippen molar-refractivity contribution in [2.45, 2.75) is 79.7 Å². The molecule has 0 saturated heterocycles. The Morgan fingerprint density at radius 3 is 1.73 bits per heavy atom. The van der Waals surface area contributed by atoms with E-state index in [9.17, 15) is 14.4 Å². The SMILES string of the molecule is CCCCCOc1cc(C)n(Cc2ccccc2)c(=O)c1.CCCCCOc1cc(C)oc(=O)c1.Cc1cc(O)cc(=O)o1. The van der Waals surface area contributed by atoms with Gasteiger partial charge < -0.3 is 28.0 Å². The van der Waals surface area contributed by atoms with Crippen LogP contribution in [0.25, 0.3) is 0 Å². The highest BCUT2D eigenvalue weighted by Gasteiger charge is 2.05.